The maximum Gasteiger partial charge on any atom is 0.101 e. The molecule has 0 aliphatic carbocycles. The molecule has 0 radical (unpaired) electrons. The number of para-hydroxylation sites is 3. The fraction of sp³-hybridized carbons (Fsp3) is 0.0952. The van der Waals surface area contributed by atoms with Crippen LogP contribution in [0.15, 0.2) is 127 Å². The maximum absolute atomic E-state index is 10.0. The molecule has 8 rings (SSSR count). The highest BCUT2D eigenvalue weighted by molar-refractivity contribution is 6.17. The minimum Gasteiger partial charge on any atom is -0.309 e. The molecule has 0 saturated carbocycles. The van der Waals surface area contributed by atoms with Crippen LogP contribution in [0, 0.1) is 22.7 Å². The van der Waals surface area contributed by atoms with Gasteiger partial charge in [-0.15, -0.1) is 0 Å². The molecule has 2 aromatic heterocycles. The monoisotopic (exact) mass is 590 g/mol. The molecule has 4 heteroatoms. The number of hydrogen-bond donors (Lipinski definition) is 0. The zero-order chi connectivity index (χ0) is 31.6. The van der Waals surface area contributed by atoms with Crippen LogP contribution in [0.1, 0.15) is 37.5 Å². The predicted molar refractivity (Wildman–Crippen MR) is 189 cm³/mol. The largest absolute Gasteiger partial charge is 0.309 e. The number of nitriles is 2. The summed E-state index contributed by atoms with van der Waals surface area (Å²) in [4.78, 5) is 0. The standard InChI is InChI=1S/C42H30N4/c1-42(2,3)35-22-28(25-43)29(26-44)24-40(35)46-37-18-10-8-15-34(37)41-31(16-11-19-38(41)46)27-20-21-33-32-14-7-9-17-36(32)45(39(33)23-27)30-12-5-4-6-13-30/h4-24H,1-3H3. The first kappa shape index (κ1) is 27.4. The first-order valence-corrected chi connectivity index (χ1v) is 15.5. The van der Waals surface area contributed by atoms with Crippen LogP contribution in [0.3, 0.4) is 0 Å². The molecule has 0 amide bonds. The lowest BCUT2D eigenvalue weighted by Gasteiger charge is -2.25. The van der Waals surface area contributed by atoms with Crippen molar-refractivity contribution >= 4 is 43.6 Å². The van der Waals surface area contributed by atoms with Crippen molar-refractivity contribution < 1.29 is 0 Å². The third-order valence-corrected chi connectivity index (χ3v) is 9.12. The Hall–Kier alpha value is -6.10. The average molecular weight is 591 g/mol. The lowest BCUT2D eigenvalue weighted by atomic mass is 9.83. The molecule has 0 fully saturated rings. The zero-order valence-corrected chi connectivity index (χ0v) is 25.9. The number of hydrogen-bond acceptors (Lipinski definition) is 2. The van der Waals surface area contributed by atoms with Crippen LogP contribution in [-0.4, -0.2) is 9.13 Å². The number of fused-ring (bicyclic) bond motifs is 6. The number of aromatic nitrogens is 2. The molecule has 0 aliphatic rings. The molecule has 0 unspecified atom stereocenters. The summed E-state index contributed by atoms with van der Waals surface area (Å²) in [6, 6.07) is 49.2. The van der Waals surface area contributed by atoms with Gasteiger partial charge in [0.05, 0.1) is 38.9 Å². The van der Waals surface area contributed by atoms with Crippen LogP contribution in [0.25, 0.3) is 66.1 Å². The summed E-state index contributed by atoms with van der Waals surface area (Å²) < 4.78 is 4.63. The van der Waals surface area contributed by atoms with E-state index in [1.807, 2.05) is 12.1 Å². The summed E-state index contributed by atoms with van der Waals surface area (Å²) in [5, 5.41) is 24.6. The highest BCUT2D eigenvalue weighted by atomic mass is 15.0. The Morgan fingerprint density at radius 2 is 1.13 bits per heavy atom. The Kier molecular flexibility index (Phi) is 6.11. The first-order valence-electron chi connectivity index (χ1n) is 15.5. The van der Waals surface area contributed by atoms with Crippen molar-refractivity contribution in [3.8, 4) is 34.6 Å². The zero-order valence-electron chi connectivity index (χ0n) is 25.9. The molecule has 0 N–H and O–H groups in total. The van der Waals surface area contributed by atoms with Gasteiger partial charge in [-0.05, 0) is 70.6 Å². The summed E-state index contributed by atoms with van der Waals surface area (Å²) in [6.07, 6.45) is 0. The van der Waals surface area contributed by atoms with E-state index in [0.29, 0.717) is 11.1 Å². The molecule has 218 valence electrons. The first-order chi connectivity index (χ1) is 22.4. The number of benzene rings is 6. The van der Waals surface area contributed by atoms with Gasteiger partial charge in [0.1, 0.15) is 12.1 Å². The molecule has 6 aromatic carbocycles. The molecule has 8 aromatic rings. The van der Waals surface area contributed by atoms with Crippen molar-refractivity contribution in [3.05, 3.63) is 144 Å². The van der Waals surface area contributed by atoms with Crippen LogP contribution in [-0.2, 0) is 5.41 Å². The Bertz CT molecular complexity index is 2580. The van der Waals surface area contributed by atoms with E-state index in [2.05, 4.69) is 157 Å². The van der Waals surface area contributed by atoms with Gasteiger partial charge >= 0.3 is 0 Å². The Morgan fingerprint density at radius 3 is 1.85 bits per heavy atom. The van der Waals surface area contributed by atoms with Crippen molar-refractivity contribution in [2.24, 2.45) is 0 Å². The molecule has 0 spiro atoms. The summed E-state index contributed by atoms with van der Waals surface area (Å²) in [5.74, 6) is 0. The van der Waals surface area contributed by atoms with Gasteiger partial charge in [0.15, 0.2) is 0 Å². The summed E-state index contributed by atoms with van der Waals surface area (Å²) in [6.45, 7) is 6.46. The Labute approximate surface area is 267 Å². The third-order valence-electron chi connectivity index (χ3n) is 9.12. The Balaban J connectivity index is 1.46. The fourth-order valence-corrected chi connectivity index (χ4v) is 7.07. The predicted octanol–water partition coefficient (Wildman–Crippen LogP) is 10.6. The lowest BCUT2D eigenvalue weighted by Crippen LogP contribution is -2.16. The summed E-state index contributed by atoms with van der Waals surface area (Å²) in [7, 11) is 0. The minimum atomic E-state index is -0.264. The van der Waals surface area contributed by atoms with Crippen LogP contribution in [0.4, 0.5) is 0 Å². The molecular weight excluding hydrogens is 560 g/mol. The average Bonchev–Trinajstić information content (AvgIpc) is 3.60. The van der Waals surface area contributed by atoms with Gasteiger partial charge in [-0.3, -0.25) is 0 Å². The lowest BCUT2D eigenvalue weighted by molar-refractivity contribution is 0.587. The van der Waals surface area contributed by atoms with Crippen LogP contribution in [0.5, 0.6) is 0 Å². The van der Waals surface area contributed by atoms with Crippen molar-refractivity contribution in [1.82, 2.24) is 9.13 Å². The fourth-order valence-electron chi connectivity index (χ4n) is 7.07. The van der Waals surface area contributed by atoms with E-state index >= 15 is 0 Å². The molecule has 0 saturated heterocycles. The second kappa shape index (κ2) is 10.2. The van der Waals surface area contributed by atoms with Crippen LogP contribution >= 0.6 is 0 Å². The van der Waals surface area contributed by atoms with Gasteiger partial charge < -0.3 is 9.13 Å². The highest BCUT2D eigenvalue weighted by Crippen LogP contribution is 2.42. The van der Waals surface area contributed by atoms with Gasteiger partial charge in [-0.2, -0.15) is 10.5 Å². The van der Waals surface area contributed by atoms with Gasteiger partial charge in [0.2, 0.25) is 0 Å². The third kappa shape index (κ3) is 4.05. The second-order valence-corrected chi connectivity index (χ2v) is 12.9. The Morgan fingerprint density at radius 1 is 0.522 bits per heavy atom. The normalized spacial score (nSPS) is 11.8. The van der Waals surface area contributed by atoms with Crippen molar-refractivity contribution in [3.63, 3.8) is 0 Å². The molecule has 46 heavy (non-hydrogen) atoms. The number of nitrogens with zero attached hydrogens (tertiary/aromatic N) is 4. The van der Waals surface area contributed by atoms with Gasteiger partial charge in [0.25, 0.3) is 0 Å². The van der Waals surface area contributed by atoms with E-state index in [4.69, 9.17) is 0 Å². The number of rotatable bonds is 3. The van der Waals surface area contributed by atoms with Crippen molar-refractivity contribution in [2.75, 3.05) is 0 Å². The van der Waals surface area contributed by atoms with E-state index in [0.717, 1.165) is 55.4 Å². The molecule has 0 bridgehead atoms. The van der Waals surface area contributed by atoms with Crippen molar-refractivity contribution in [1.29, 1.82) is 10.5 Å². The summed E-state index contributed by atoms with van der Waals surface area (Å²) >= 11 is 0. The smallest absolute Gasteiger partial charge is 0.101 e. The van der Waals surface area contributed by atoms with Gasteiger partial charge in [-0.25, -0.2) is 0 Å². The van der Waals surface area contributed by atoms with E-state index in [-0.39, 0.29) is 5.41 Å². The van der Waals surface area contributed by atoms with Gasteiger partial charge in [0, 0.05) is 27.2 Å². The van der Waals surface area contributed by atoms with E-state index in [1.165, 1.54) is 16.3 Å². The minimum absolute atomic E-state index is 0.264. The van der Waals surface area contributed by atoms with Crippen LogP contribution in [0.2, 0.25) is 0 Å². The van der Waals surface area contributed by atoms with E-state index in [9.17, 15) is 10.5 Å². The SMILES string of the molecule is CC(C)(C)c1cc(C#N)c(C#N)cc1-n1c2ccccc2c2c(-c3ccc4c5ccccc5n(-c5ccccc5)c4c3)cccc21. The van der Waals surface area contributed by atoms with E-state index < -0.39 is 0 Å². The molecule has 0 aliphatic heterocycles. The maximum atomic E-state index is 10.0. The van der Waals surface area contributed by atoms with E-state index in [1.54, 1.807) is 0 Å². The molecule has 0 atom stereocenters. The van der Waals surface area contributed by atoms with Crippen LogP contribution < -0.4 is 0 Å². The topological polar surface area (TPSA) is 57.4 Å². The molecule has 4 nitrogen and oxygen atoms in total. The second-order valence-electron chi connectivity index (χ2n) is 12.9. The van der Waals surface area contributed by atoms with Gasteiger partial charge in [-0.1, -0.05) is 99.6 Å². The quantitative estimate of drug-likeness (QED) is 0.205. The molecular formula is C42H30N4. The highest BCUT2D eigenvalue weighted by Gasteiger charge is 2.25. The molecule has 2 heterocycles. The summed E-state index contributed by atoms with van der Waals surface area (Å²) in [5.41, 5.74) is 10.3. The van der Waals surface area contributed by atoms with Crippen molar-refractivity contribution in [2.45, 2.75) is 26.2 Å².